The van der Waals surface area contributed by atoms with Gasteiger partial charge in [-0.05, 0) is 40.5 Å². The number of carboxylic acids is 1. The highest BCUT2D eigenvalue weighted by Crippen LogP contribution is 2.22. The van der Waals surface area contributed by atoms with E-state index in [9.17, 15) is 14.4 Å². The second-order valence-electron chi connectivity index (χ2n) is 6.00. The minimum Gasteiger partial charge on any atom is -0.480 e. The zero-order valence-electron chi connectivity index (χ0n) is 12.3. The van der Waals surface area contributed by atoms with Crippen molar-refractivity contribution in [3.05, 3.63) is 0 Å². The van der Waals surface area contributed by atoms with E-state index in [0.29, 0.717) is 13.0 Å². The molecule has 0 aromatic rings. The van der Waals surface area contributed by atoms with Crippen LogP contribution in [0.5, 0.6) is 0 Å². The van der Waals surface area contributed by atoms with Gasteiger partial charge in [0.25, 0.3) is 0 Å². The van der Waals surface area contributed by atoms with E-state index in [1.807, 2.05) is 0 Å². The zero-order chi connectivity index (χ0) is 15.5. The second-order valence-corrected chi connectivity index (χ2v) is 6.00. The van der Waals surface area contributed by atoms with E-state index in [0.717, 1.165) is 6.42 Å². The number of rotatable bonds is 4. The van der Waals surface area contributed by atoms with Gasteiger partial charge in [-0.3, -0.25) is 9.59 Å². The van der Waals surface area contributed by atoms with Crippen LogP contribution in [0.3, 0.4) is 0 Å². The molecule has 1 aliphatic heterocycles. The van der Waals surface area contributed by atoms with Crippen molar-refractivity contribution in [2.45, 2.75) is 52.6 Å². The summed E-state index contributed by atoms with van der Waals surface area (Å²) in [6.07, 6.45) is 1.26. The van der Waals surface area contributed by atoms with Crippen LogP contribution < -0.4 is 5.32 Å². The highest BCUT2D eigenvalue weighted by molar-refractivity contribution is 5.87. The van der Waals surface area contributed by atoms with Gasteiger partial charge in [0.05, 0.1) is 5.41 Å². The molecule has 0 unspecified atom stereocenters. The van der Waals surface area contributed by atoms with E-state index < -0.39 is 35.3 Å². The molecule has 1 heterocycles. The molecule has 0 aromatic heterocycles. The Balaban J connectivity index is 2.63. The fraction of sp³-hybridized carbons (Fsp3) is 0.769. The van der Waals surface area contributed by atoms with Crippen LogP contribution in [0.2, 0.25) is 0 Å². The maximum absolute atomic E-state index is 12.0. The number of carbonyl (C=O) groups is 3. The summed E-state index contributed by atoms with van der Waals surface area (Å²) in [5.41, 5.74) is -0.655. The minimum atomic E-state index is -1.10. The van der Waals surface area contributed by atoms with Crippen LogP contribution in [0.4, 0.5) is 0 Å². The van der Waals surface area contributed by atoms with Crippen LogP contribution in [0, 0.1) is 5.41 Å². The fourth-order valence-electron chi connectivity index (χ4n) is 1.73. The summed E-state index contributed by atoms with van der Waals surface area (Å²) >= 11 is 0. The second kappa shape index (κ2) is 6.21. The maximum atomic E-state index is 12.0. The number of hydrogen-bond acceptors (Lipinski definition) is 5. The number of nitrogens with zero attached hydrogens (tertiary/aromatic N) is 1. The number of carbonyl (C=O) groups excluding carboxylic acids is 2. The predicted octanol–water partition coefficient (Wildman–Crippen LogP) is 0.544. The molecule has 114 valence electrons. The predicted molar refractivity (Wildman–Crippen MR) is 70.5 cm³/mol. The molecule has 1 fully saturated rings. The Bertz CT molecular complexity index is 402. The molecule has 1 aliphatic rings. The summed E-state index contributed by atoms with van der Waals surface area (Å²) in [5.74, 6) is -1.95. The van der Waals surface area contributed by atoms with E-state index in [1.54, 1.807) is 20.8 Å². The van der Waals surface area contributed by atoms with E-state index in [1.165, 1.54) is 12.0 Å². The number of hydrogen-bond donors (Lipinski definition) is 2. The SMILES string of the molecule is C[C@H](NC(=O)[C@H]1CCCN1OC(=O)C(C)(C)C)C(=O)O. The third kappa shape index (κ3) is 4.19. The summed E-state index contributed by atoms with van der Waals surface area (Å²) in [6, 6.07) is -1.59. The van der Waals surface area contributed by atoms with Crippen molar-refractivity contribution in [1.29, 1.82) is 0 Å². The summed E-state index contributed by atoms with van der Waals surface area (Å²) in [5, 5.41) is 12.5. The molecule has 7 nitrogen and oxygen atoms in total. The first-order chi connectivity index (χ1) is 9.12. The quantitative estimate of drug-likeness (QED) is 0.783. The molecule has 2 N–H and O–H groups in total. The Hall–Kier alpha value is -1.63. The number of hydroxylamine groups is 2. The van der Waals surface area contributed by atoms with Crippen molar-refractivity contribution >= 4 is 17.8 Å². The lowest BCUT2D eigenvalue weighted by molar-refractivity contribution is -0.204. The highest BCUT2D eigenvalue weighted by Gasteiger charge is 2.37. The van der Waals surface area contributed by atoms with Gasteiger partial charge >= 0.3 is 11.9 Å². The Morgan fingerprint density at radius 3 is 2.45 bits per heavy atom. The van der Waals surface area contributed by atoms with Gasteiger partial charge in [0.2, 0.25) is 5.91 Å². The van der Waals surface area contributed by atoms with E-state index >= 15 is 0 Å². The number of carboxylic acid groups (broad SMARTS) is 1. The summed E-state index contributed by atoms with van der Waals surface area (Å²) in [4.78, 5) is 39.8. The van der Waals surface area contributed by atoms with Crippen LogP contribution in [0.25, 0.3) is 0 Å². The molecular weight excluding hydrogens is 264 g/mol. The number of aliphatic carboxylic acids is 1. The Labute approximate surface area is 118 Å². The van der Waals surface area contributed by atoms with Crippen LogP contribution in [0.15, 0.2) is 0 Å². The van der Waals surface area contributed by atoms with Crippen LogP contribution >= 0.6 is 0 Å². The van der Waals surface area contributed by atoms with Crippen molar-refractivity contribution in [3.63, 3.8) is 0 Å². The molecular formula is C13H22N2O5. The molecule has 0 radical (unpaired) electrons. The molecule has 1 saturated heterocycles. The molecule has 0 aromatic carbocycles. The van der Waals surface area contributed by atoms with Crippen molar-refractivity contribution in [2.75, 3.05) is 6.54 Å². The van der Waals surface area contributed by atoms with Gasteiger partial charge in [-0.1, -0.05) is 0 Å². The summed E-state index contributed by atoms with van der Waals surface area (Å²) in [6.45, 7) is 7.05. The standard InChI is InChI=1S/C13H22N2O5/c1-8(11(17)18)14-10(16)9-6-5-7-15(9)20-12(19)13(2,3)4/h8-9H,5-7H2,1-4H3,(H,14,16)(H,17,18)/t8-,9+/m0/s1. The smallest absolute Gasteiger partial charge is 0.330 e. The topological polar surface area (TPSA) is 95.9 Å². The summed E-state index contributed by atoms with van der Waals surface area (Å²) < 4.78 is 0. The number of nitrogens with one attached hydrogen (secondary N) is 1. The molecule has 0 bridgehead atoms. The Kier molecular flexibility index (Phi) is 5.10. The van der Waals surface area contributed by atoms with E-state index in [2.05, 4.69) is 5.32 Å². The third-order valence-electron chi connectivity index (χ3n) is 3.05. The lowest BCUT2D eigenvalue weighted by Gasteiger charge is -2.26. The van der Waals surface area contributed by atoms with E-state index in [4.69, 9.17) is 9.94 Å². The Morgan fingerprint density at radius 1 is 1.35 bits per heavy atom. The number of amides is 1. The van der Waals surface area contributed by atoms with Gasteiger partial charge in [-0.2, -0.15) is 0 Å². The zero-order valence-corrected chi connectivity index (χ0v) is 12.3. The normalized spacial score (nSPS) is 21.3. The average molecular weight is 286 g/mol. The van der Waals surface area contributed by atoms with Crippen molar-refractivity contribution in [2.24, 2.45) is 5.41 Å². The van der Waals surface area contributed by atoms with Crippen LogP contribution in [-0.2, 0) is 19.2 Å². The lowest BCUT2D eigenvalue weighted by Crippen LogP contribution is -2.49. The van der Waals surface area contributed by atoms with Gasteiger partial charge in [0.15, 0.2) is 0 Å². The lowest BCUT2D eigenvalue weighted by atomic mass is 9.98. The Morgan fingerprint density at radius 2 is 1.95 bits per heavy atom. The molecule has 0 saturated carbocycles. The molecule has 0 aliphatic carbocycles. The van der Waals surface area contributed by atoms with Gasteiger partial charge in [0.1, 0.15) is 12.1 Å². The first kappa shape index (κ1) is 16.4. The van der Waals surface area contributed by atoms with Gasteiger partial charge in [-0.15, -0.1) is 5.06 Å². The molecule has 20 heavy (non-hydrogen) atoms. The molecule has 0 spiro atoms. The monoisotopic (exact) mass is 286 g/mol. The van der Waals surface area contributed by atoms with E-state index in [-0.39, 0.29) is 0 Å². The molecule has 7 heteroatoms. The van der Waals surface area contributed by atoms with Crippen molar-refractivity contribution in [3.8, 4) is 0 Å². The third-order valence-corrected chi connectivity index (χ3v) is 3.05. The first-order valence-electron chi connectivity index (χ1n) is 6.65. The highest BCUT2D eigenvalue weighted by atomic mass is 16.7. The van der Waals surface area contributed by atoms with Crippen LogP contribution in [-0.4, -0.2) is 46.6 Å². The van der Waals surface area contributed by atoms with Crippen molar-refractivity contribution in [1.82, 2.24) is 10.4 Å². The van der Waals surface area contributed by atoms with Crippen molar-refractivity contribution < 1.29 is 24.3 Å². The largest absolute Gasteiger partial charge is 0.480 e. The fourth-order valence-corrected chi connectivity index (χ4v) is 1.73. The maximum Gasteiger partial charge on any atom is 0.330 e. The minimum absolute atomic E-state index is 0.413. The first-order valence-corrected chi connectivity index (χ1v) is 6.65. The molecule has 1 amide bonds. The summed E-state index contributed by atoms with van der Waals surface area (Å²) in [7, 11) is 0. The van der Waals surface area contributed by atoms with Gasteiger partial charge in [0, 0.05) is 6.54 Å². The van der Waals surface area contributed by atoms with Crippen LogP contribution in [0.1, 0.15) is 40.5 Å². The molecule has 2 atom stereocenters. The van der Waals surface area contributed by atoms with Gasteiger partial charge in [-0.25, -0.2) is 4.79 Å². The average Bonchev–Trinajstić information content (AvgIpc) is 2.75. The van der Waals surface area contributed by atoms with Gasteiger partial charge < -0.3 is 15.3 Å². The molecule has 1 rings (SSSR count).